The Bertz CT molecular complexity index is 1180. The van der Waals surface area contributed by atoms with Crippen LogP contribution in [0, 0.1) is 17.0 Å². The highest BCUT2D eigenvalue weighted by Gasteiger charge is 2.53. The van der Waals surface area contributed by atoms with Crippen molar-refractivity contribution in [1.82, 2.24) is 10.2 Å². The first kappa shape index (κ1) is 24.7. The second kappa shape index (κ2) is 8.83. The van der Waals surface area contributed by atoms with Crippen molar-refractivity contribution in [2.24, 2.45) is 5.41 Å². The number of rotatable bonds is 5. The summed E-state index contributed by atoms with van der Waals surface area (Å²) in [5.41, 5.74) is 1.16. The van der Waals surface area contributed by atoms with Gasteiger partial charge in [0.25, 0.3) is 0 Å². The van der Waals surface area contributed by atoms with Crippen LogP contribution in [0.5, 0.6) is 0 Å². The van der Waals surface area contributed by atoms with Crippen molar-refractivity contribution in [3.63, 3.8) is 0 Å². The average Bonchev–Trinajstić information content (AvgIpc) is 3.28. The number of urea groups is 1. The van der Waals surface area contributed by atoms with Gasteiger partial charge in [-0.1, -0.05) is 12.1 Å². The lowest BCUT2D eigenvalue weighted by molar-refractivity contribution is -0.138. The first-order chi connectivity index (χ1) is 17.0. The van der Waals surface area contributed by atoms with Crippen molar-refractivity contribution in [3.05, 3.63) is 64.7 Å². The van der Waals surface area contributed by atoms with Gasteiger partial charge in [-0.15, -0.1) is 0 Å². The Labute approximate surface area is 210 Å². The van der Waals surface area contributed by atoms with Gasteiger partial charge in [0.05, 0.1) is 11.3 Å². The maximum atomic E-state index is 15.1. The molecule has 3 fully saturated rings. The summed E-state index contributed by atoms with van der Waals surface area (Å²) >= 11 is 0. The number of benzene rings is 2. The topological polar surface area (TPSA) is 81.7 Å². The summed E-state index contributed by atoms with van der Waals surface area (Å²) in [5, 5.41) is 15.5. The van der Waals surface area contributed by atoms with E-state index in [1.165, 1.54) is 23.1 Å². The van der Waals surface area contributed by atoms with E-state index >= 15 is 4.39 Å². The second-order valence-corrected chi connectivity index (χ2v) is 11.4. The molecule has 0 aromatic heterocycles. The number of fused-ring (bicyclic) bond motifs is 4. The summed E-state index contributed by atoms with van der Waals surface area (Å²) < 4.78 is 28.6. The minimum absolute atomic E-state index is 0.00830. The Morgan fingerprint density at radius 2 is 1.64 bits per heavy atom. The first-order valence-electron chi connectivity index (χ1n) is 12.6. The fourth-order valence-electron chi connectivity index (χ4n) is 6.09. The fourth-order valence-corrected chi connectivity index (χ4v) is 6.09. The summed E-state index contributed by atoms with van der Waals surface area (Å²) in [6.45, 7) is 4.20. The Hall–Kier alpha value is -3.00. The maximum Gasteiger partial charge on any atom is 0.322 e. The van der Waals surface area contributed by atoms with Crippen molar-refractivity contribution in [3.8, 4) is 0 Å². The highest BCUT2D eigenvalue weighted by Crippen LogP contribution is 2.58. The van der Waals surface area contributed by atoms with Gasteiger partial charge in [0, 0.05) is 25.0 Å². The summed E-state index contributed by atoms with van der Waals surface area (Å²) in [5.74, 6) is -0.813. The van der Waals surface area contributed by atoms with Gasteiger partial charge < -0.3 is 20.6 Å². The number of anilines is 1. The summed E-state index contributed by atoms with van der Waals surface area (Å²) in [6, 6.07) is 9.08. The molecule has 192 valence electrons. The van der Waals surface area contributed by atoms with Gasteiger partial charge >= 0.3 is 6.03 Å². The van der Waals surface area contributed by atoms with E-state index in [9.17, 15) is 19.1 Å². The molecule has 6 nitrogen and oxygen atoms in total. The molecular formula is C28H33F2N3O3. The molecule has 0 saturated heterocycles. The van der Waals surface area contributed by atoms with Gasteiger partial charge in [-0.05, 0) is 98.7 Å². The molecule has 36 heavy (non-hydrogen) atoms. The normalized spacial score (nSPS) is 25.0. The molecule has 0 atom stereocenters. The quantitative estimate of drug-likeness (QED) is 0.544. The van der Waals surface area contributed by atoms with E-state index in [1.54, 1.807) is 26.0 Å². The van der Waals surface area contributed by atoms with Gasteiger partial charge in [0.2, 0.25) is 5.91 Å². The van der Waals surface area contributed by atoms with Crippen molar-refractivity contribution in [1.29, 1.82) is 0 Å². The van der Waals surface area contributed by atoms with Crippen LogP contribution >= 0.6 is 0 Å². The molecule has 4 aliphatic rings. The third kappa shape index (κ3) is 4.59. The fraction of sp³-hybridized carbons (Fsp3) is 0.500. The summed E-state index contributed by atoms with van der Waals surface area (Å²) in [6.07, 6.45) is 4.62. The number of nitrogens with zero attached hydrogens (tertiary/aromatic N) is 1. The van der Waals surface area contributed by atoms with Crippen LogP contribution in [0.4, 0.5) is 19.3 Å². The van der Waals surface area contributed by atoms with Crippen molar-refractivity contribution < 1.29 is 23.5 Å². The van der Waals surface area contributed by atoms with Crippen LogP contribution in [-0.4, -0.2) is 34.1 Å². The van der Waals surface area contributed by atoms with Crippen LogP contribution in [0.1, 0.15) is 69.1 Å². The third-order valence-corrected chi connectivity index (χ3v) is 8.41. The first-order valence-corrected chi connectivity index (χ1v) is 12.6. The van der Waals surface area contributed by atoms with Crippen LogP contribution in [0.25, 0.3) is 0 Å². The molecule has 8 heteroatoms. The van der Waals surface area contributed by atoms with Crippen molar-refractivity contribution in [2.45, 2.75) is 76.5 Å². The Kier molecular flexibility index (Phi) is 6.06. The largest absolute Gasteiger partial charge is 0.389 e. The highest BCUT2D eigenvalue weighted by molar-refractivity contribution is 5.90. The Morgan fingerprint density at radius 1 is 0.972 bits per heavy atom. The SMILES string of the molecule is CC(C)(O)CNC(=O)C12CCC(c3ccc(NC(=O)N4Cc5ccc(F)cc5C4)c(F)c3)(CC1)CC2. The lowest BCUT2D eigenvalue weighted by Gasteiger charge is -2.53. The number of carbonyl (C=O) groups excluding carboxylic acids is 2. The number of hydrogen-bond acceptors (Lipinski definition) is 3. The standard InChI is InChI=1S/C28H33F2N3O3/c1-26(2,36)17-31-24(34)28-10-7-27(8-11-28,9-12-28)20-4-6-23(22(30)14-20)32-25(35)33-15-18-3-5-21(29)13-19(18)16-33/h3-6,13-14,36H,7-12,15-17H2,1-2H3,(H,31,34)(H,32,35). The molecule has 2 bridgehead atoms. The molecule has 6 rings (SSSR count). The number of halogens is 2. The van der Waals surface area contributed by atoms with Crippen LogP contribution < -0.4 is 10.6 Å². The molecule has 1 heterocycles. The molecule has 3 saturated carbocycles. The van der Waals surface area contributed by atoms with E-state index in [-0.39, 0.29) is 35.9 Å². The van der Waals surface area contributed by atoms with Crippen LogP contribution in [-0.2, 0) is 23.3 Å². The molecular weight excluding hydrogens is 464 g/mol. The van der Waals surface area contributed by atoms with Gasteiger partial charge in [0.15, 0.2) is 0 Å². The molecule has 0 spiro atoms. The minimum atomic E-state index is -0.954. The molecule has 2 aromatic carbocycles. The predicted octanol–water partition coefficient (Wildman–Crippen LogP) is 4.99. The molecule has 0 radical (unpaired) electrons. The number of carbonyl (C=O) groups is 2. The lowest BCUT2D eigenvalue weighted by Crippen LogP contribution is -2.53. The summed E-state index contributed by atoms with van der Waals surface area (Å²) in [4.78, 5) is 27.2. The number of amides is 3. The van der Waals surface area contributed by atoms with E-state index < -0.39 is 22.9 Å². The lowest BCUT2D eigenvalue weighted by atomic mass is 9.51. The van der Waals surface area contributed by atoms with Gasteiger partial charge in [-0.2, -0.15) is 0 Å². The van der Waals surface area contributed by atoms with E-state index in [0.29, 0.717) is 6.54 Å². The van der Waals surface area contributed by atoms with E-state index in [1.807, 2.05) is 6.07 Å². The molecule has 3 aliphatic carbocycles. The monoisotopic (exact) mass is 497 g/mol. The zero-order chi connectivity index (χ0) is 25.7. The van der Waals surface area contributed by atoms with Crippen LogP contribution in [0.3, 0.4) is 0 Å². The minimum Gasteiger partial charge on any atom is -0.389 e. The Balaban J connectivity index is 1.23. The Morgan fingerprint density at radius 3 is 2.28 bits per heavy atom. The van der Waals surface area contributed by atoms with E-state index in [0.717, 1.165) is 55.2 Å². The number of aliphatic hydroxyl groups is 1. The molecule has 0 unspecified atom stereocenters. The smallest absolute Gasteiger partial charge is 0.322 e. The summed E-state index contributed by atoms with van der Waals surface area (Å²) in [7, 11) is 0. The van der Waals surface area contributed by atoms with E-state index in [2.05, 4.69) is 10.6 Å². The second-order valence-electron chi connectivity index (χ2n) is 11.4. The van der Waals surface area contributed by atoms with Crippen LogP contribution in [0.15, 0.2) is 36.4 Å². The van der Waals surface area contributed by atoms with Crippen molar-refractivity contribution >= 4 is 17.6 Å². The number of hydrogen-bond donors (Lipinski definition) is 3. The van der Waals surface area contributed by atoms with E-state index in [4.69, 9.17) is 0 Å². The van der Waals surface area contributed by atoms with Gasteiger partial charge in [-0.3, -0.25) is 4.79 Å². The molecule has 1 aliphatic heterocycles. The zero-order valence-corrected chi connectivity index (χ0v) is 20.8. The number of nitrogens with one attached hydrogen (secondary N) is 2. The molecule has 3 N–H and O–H groups in total. The van der Waals surface area contributed by atoms with Crippen LogP contribution in [0.2, 0.25) is 0 Å². The highest BCUT2D eigenvalue weighted by atomic mass is 19.1. The zero-order valence-electron chi connectivity index (χ0n) is 20.8. The third-order valence-electron chi connectivity index (χ3n) is 8.41. The average molecular weight is 498 g/mol. The van der Waals surface area contributed by atoms with Gasteiger partial charge in [-0.25, -0.2) is 13.6 Å². The predicted molar refractivity (Wildman–Crippen MR) is 132 cm³/mol. The molecule has 2 aromatic rings. The van der Waals surface area contributed by atoms with Crippen molar-refractivity contribution in [2.75, 3.05) is 11.9 Å². The molecule has 3 amide bonds. The van der Waals surface area contributed by atoms with Gasteiger partial charge in [0.1, 0.15) is 11.6 Å². The maximum absolute atomic E-state index is 15.1.